The van der Waals surface area contributed by atoms with E-state index in [-0.39, 0.29) is 23.2 Å². The Morgan fingerprint density at radius 1 is 1.11 bits per heavy atom. The molecule has 0 unspecified atom stereocenters. The Labute approximate surface area is 175 Å². The number of hydrogen-bond acceptors (Lipinski definition) is 4. The van der Waals surface area contributed by atoms with Crippen molar-refractivity contribution in [2.45, 2.75) is 71.4 Å². The van der Waals surface area contributed by atoms with Crippen LogP contribution in [-0.2, 0) is 18.6 Å². The second kappa shape index (κ2) is 13.5. The molecule has 164 valence electrons. The lowest BCUT2D eigenvalue weighted by Gasteiger charge is -2.42. The molecule has 0 aliphatic heterocycles. The van der Waals surface area contributed by atoms with Crippen LogP contribution >= 0.6 is 0 Å². The number of hydrogen-bond donors (Lipinski definition) is 0. The van der Waals surface area contributed by atoms with E-state index in [0.29, 0.717) is 26.4 Å². The molecule has 0 N–H and O–H groups in total. The predicted octanol–water partition coefficient (Wildman–Crippen LogP) is 5.77. The zero-order valence-electron chi connectivity index (χ0n) is 19.5. The Balaban J connectivity index is 4.89. The largest absolute Gasteiger partial charge is 0.410 e. The van der Waals surface area contributed by atoms with Gasteiger partial charge in [-0.25, -0.2) is 0 Å². The van der Waals surface area contributed by atoms with Gasteiger partial charge in [-0.1, -0.05) is 51.5 Å². The summed E-state index contributed by atoms with van der Waals surface area (Å²) in [6, 6.07) is 0. The highest BCUT2D eigenvalue weighted by Crippen LogP contribution is 2.39. The molecule has 4 nitrogen and oxygen atoms in total. The average Bonchev–Trinajstić information content (AvgIpc) is 2.60. The minimum atomic E-state index is -1.93. The van der Waals surface area contributed by atoms with Gasteiger partial charge >= 0.3 is 0 Å². The Kier molecular flexibility index (Phi) is 13.1. The third kappa shape index (κ3) is 10.2. The molecular weight excluding hydrogens is 368 g/mol. The van der Waals surface area contributed by atoms with Gasteiger partial charge < -0.3 is 18.6 Å². The lowest BCUT2D eigenvalue weighted by atomic mass is 9.97. The Morgan fingerprint density at radius 3 is 2.21 bits per heavy atom. The van der Waals surface area contributed by atoms with Crippen molar-refractivity contribution >= 4 is 8.32 Å². The van der Waals surface area contributed by atoms with Crippen LogP contribution in [0.15, 0.2) is 37.0 Å². The van der Waals surface area contributed by atoms with Crippen LogP contribution in [0.3, 0.4) is 0 Å². The molecule has 5 heteroatoms. The lowest BCUT2D eigenvalue weighted by molar-refractivity contribution is 0.00580. The average molecular weight is 413 g/mol. The molecule has 0 aliphatic carbocycles. The second-order valence-electron chi connectivity index (χ2n) is 8.92. The summed E-state index contributed by atoms with van der Waals surface area (Å²) in [4.78, 5) is 0. The van der Waals surface area contributed by atoms with Crippen LogP contribution < -0.4 is 0 Å². The summed E-state index contributed by atoms with van der Waals surface area (Å²) < 4.78 is 23.5. The molecule has 0 aromatic rings. The molecule has 28 heavy (non-hydrogen) atoms. The Morgan fingerprint density at radius 2 is 1.71 bits per heavy atom. The standard InChI is InChI=1S/C23H44O4Si/c1-11-14-25-15-13-16-26-18-19(3)17-20(4)22(21(12-2)24-8)27-28(9,10)23(5,6)7/h11-12,17,20-22H,1-2,13-16,18H2,3-10H3/b19-17-/t20-,21+,22+/m1/s1. The van der Waals surface area contributed by atoms with Crippen LogP contribution in [0.4, 0.5) is 0 Å². The maximum Gasteiger partial charge on any atom is 0.192 e. The minimum Gasteiger partial charge on any atom is -0.410 e. The summed E-state index contributed by atoms with van der Waals surface area (Å²) in [7, 11) is -0.216. The number of methoxy groups -OCH3 is 1. The van der Waals surface area contributed by atoms with Crippen molar-refractivity contribution in [3.05, 3.63) is 37.0 Å². The van der Waals surface area contributed by atoms with E-state index in [0.717, 1.165) is 6.42 Å². The first-order chi connectivity index (χ1) is 13.0. The monoisotopic (exact) mass is 412 g/mol. The van der Waals surface area contributed by atoms with Gasteiger partial charge in [-0.05, 0) is 31.5 Å². The van der Waals surface area contributed by atoms with Crippen LogP contribution in [0, 0.1) is 5.92 Å². The highest BCUT2D eigenvalue weighted by Gasteiger charge is 2.41. The van der Waals surface area contributed by atoms with Gasteiger partial charge in [0, 0.05) is 26.2 Å². The minimum absolute atomic E-state index is 0.0642. The van der Waals surface area contributed by atoms with Crippen LogP contribution in [0.5, 0.6) is 0 Å². The maximum absolute atomic E-state index is 6.72. The fourth-order valence-electron chi connectivity index (χ4n) is 2.61. The highest BCUT2D eigenvalue weighted by molar-refractivity contribution is 6.74. The van der Waals surface area contributed by atoms with Gasteiger partial charge in [-0.15, -0.1) is 13.2 Å². The van der Waals surface area contributed by atoms with E-state index in [1.165, 1.54) is 5.57 Å². The van der Waals surface area contributed by atoms with Gasteiger partial charge in [0.15, 0.2) is 8.32 Å². The second-order valence-corrected chi connectivity index (χ2v) is 13.7. The molecule has 0 saturated heterocycles. The normalized spacial score (nSPS) is 16.5. The van der Waals surface area contributed by atoms with Crippen molar-refractivity contribution in [2.75, 3.05) is 33.5 Å². The topological polar surface area (TPSA) is 36.9 Å². The van der Waals surface area contributed by atoms with Crippen molar-refractivity contribution in [3.63, 3.8) is 0 Å². The molecule has 0 fully saturated rings. The van der Waals surface area contributed by atoms with Gasteiger partial charge in [-0.3, -0.25) is 0 Å². The van der Waals surface area contributed by atoms with Crippen molar-refractivity contribution < 1.29 is 18.6 Å². The van der Waals surface area contributed by atoms with Crippen molar-refractivity contribution in [1.82, 2.24) is 0 Å². The van der Waals surface area contributed by atoms with E-state index in [2.05, 4.69) is 66.9 Å². The molecule has 0 spiro atoms. The van der Waals surface area contributed by atoms with E-state index < -0.39 is 8.32 Å². The Bertz CT molecular complexity index is 479. The van der Waals surface area contributed by atoms with E-state index in [1.54, 1.807) is 13.2 Å². The van der Waals surface area contributed by atoms with Gasteiger partial charge in [-0.2, -0.15) is 0 Å². The lowest BCUT2D eigenvalue weighted by Crippen LogP contribution is -2.49. The first kappa shape index (κ1) is 27.3. The Hall–Kier alpha value is -0.723. The van der Waals surface area contributed by atoms with Gasteiger partial charge in [0.05, 0.1) is 19.3 Å². The van der Waals surface area contributed by atoms with Gasteiger partial charge in [0.1, 0.15) is 6.10 Å². The fraction of sp³-hybridized carbons (Fsp3) is 0.739. The predicted molar refractivity (Wildman–Crippen MR) is 122 cm³/mol. The molecule has 0 aromatic heterocycles. The molecule has 0 aliphatic rings. The van der Waals surface area contributed by atoms with E-state index in [9.17, 15) is 0 Å². The number of ether oxygens (including phenoxy) is 3. The van der Waals surface area contributed by atoms with Crippen LogP contribution in [0.1, 0.15) is 41.0 Å². The van der Waals surface area contributed by atoms with E-state index >= 15 is 0 Å². The first-order valence-electron chi connectivity index (χ1n) is 10.3. The molecule has 0 aromatic carbocycles. The van der Waals surface area contributed by atoms with Crippen molar-refractivity contribution in [3.8, 4) is 0 Å². The quantitative estimate of drug-likeness (QED) is 0.194. The zero-order chi connectivity index (χ0) is 21.8. The third-order valence-electron chi connectivity index (χ3n) is 5.27. The zero-order valence-corrected chi connectivity index (χ0v) is 20.5. The third-order valence-corrected chi connectivity index (χ3v) is 9.75. The van der Waals surface area contributed by atoms with Gasteiger partial charge in [0.2, 0.25) is 0 Å². The molecule has 0 amide bonds. The summed E-state index contributed by atoms with van der Waals surface area (Å²) >= 11 is 0. The molecular formula is C23H44O4Si. The first-order valence-corrected chi connectivity index (χ1v) is 13.2. The summed E-state index contributed by atoms with van der Waals surface area (Å²) in [5.74, 6) is 0.191. The molecule has 3 atom stereocenters. The highest BCUT2D eigenvalue weighted by atomic mass is 28.4. The van der Waals surface area contributed by atoms with E-state index in [4.69, 9.17) is 18.6 Å². The SMILES string of the molecule is C=CCOCCCOC/C(C)=C\[C@@H](C)[C@H](O[Si](C)(C)C(C)(C)C)[C@H](C=C)OC. The van der Waals surface area contributed by atoms with Crippen molar-refractivity contribution in [2.24, 2.45) is 5.92 Å². The van der Waals surface area contributed by atoms with Crippen LogP contribution in [0.2, 0.25) is 18.1 Å². The molecule has 0 rings (SSSR count). The molecule has 0 heterocycles. The summed E-state index contributed by atoms with van der Waals surface area (Å²) in [5.41, 5.74) is 1.20. The molecule has 0 radical (unpaired) electrons. The van der Waals surface area contributed by atoms with Gasteiger partial charge in [0.25, 0.3) is 0 Å². The molecule has 0 bridgehead atoms. The van der Waals surface area contributed by atoms with E-state index in [1.807, 2.05) is 6.08 Å². The summed E-state index contributed by atoms with van der Waals surface area (Å²) in [6.45, 7) is 25.8. The smallest absolute Gasteiger partial charge is 0.192 e. The fourth-order valence-corrected chi connectivity index (χ4v) is 3.99. The summed E-state index contributed by atoms with van der Waals surface area (Å²) in [5, 5.41) is 0.139. The maximum atomic E-state index is 6.72. The molecule has 0 saturated carbocycles. The van der Waals surface area contributed by atoms with Crippen LogP contribution in [0.25, 0.3) is 0 Å². The number of rotatable bonds is 15. The van der Waals surface area contributed by atoms with Crippen molar-refractivity contribution in [1.29, 1.82) is 0 Å². The summed E-state index contributed by atoms with van der Waals surface area (Å²) in [6.07, 6.45) is 6.52. The van der Waals surface area contributed by atoms with Crippen LogP contribution in [-0.4, -0.2) is 54.1 Å².